The van der Waals surface area contributed by atoms with E-state index in [0.29, 0.717) is 50.7 Å². The van der Waals surface area contributed by atoms with Crippen molar-refractivity contribution in [2.75, 3.05) is 14.2 Å². The van der Waals surface area contributed by atoms with Crippen molar-refractivity contribution in [2.24, 2.45) is 56.4 Å². The molecule has 0 atom stereocenters. The summed E-state index contributed by atoms with van der Waals surface area (Å²) in [6.45, 7) is 0. The molecule has 0 aliphatic carbocycles. The van der Waals surface area contributed by atoms with Gasteiger partial charge in [0, 0.05) is 131 Å². The Kier molecular flexibility index (Phi) is 18.8. The van der Waals surface area contributed by atoms with Gasteiger partial charge in [0.05, 0.1) is 88.2 Å². The van der Waals surface area contributed by atoms with E-state index in [-0.39, 0.29) is 101 Å². The van der Waals surface area contributed by atoms with E-state index >= 15 is 0 Å². The van der Waals surface area contributed by atoms with Gasteiger partial charge in [0.25, 0.3) is 17.1 Å². The van der Waals surface area contributed by atoms with Crippen molar-refractivity contribution < 1.29 is 67.7 Å². The SMILES string of the molecule is COC(=O)c1cc(CC(=O)c2cc(CC(=O)c3cc(CC(=O)c4cc([N+](=O)[O-])cn4C)cn3C)cn2C)cn1C.COC(=O)c1cc(CC(=O)c2cc([N+](=O)[O-])cn2C)cn1C.Cn1cc([N+](=O)[O-])cc1C(=O)Cc1cn(C)c(C(=O)O)n1. The summed E-state index contributed by atoms with van der Waals surface area (Å²) in [6, 6.07) is 10.2. The number of ketones is 5. The number of methoxy groups -OCH3 is 2. The maximum Gasteiger partial charge on any atom is 0.372 e. The Labute approximate surface area is 470 Å². The van der Waals surface area contributed by atoms with Gasteiger partial charge in [0.2, 0.25) is 5.82 Å². The fourth-order valence-corrected chi connectivity index (χ4v) is 9.03. The summed E-state index contributed by atoms with van der Waals surface area (Å²) in [7, 11) is 15.6. The Morgan fingerprint density at radius 3 is 0.904 bits per heavy atom. The Bertz CT molecular complexity index is 3920. The van der Waals surface area contributed by atoms with Crippen LogP contribution in [0.1, 0.15) is 112 Å². The van der Waals surface area contributed by atoms with Crippen molar-refractivity contribution in [2.45, 2.75) is 32.1 Å². The molecule has 83 heavy (non-hydrogen) atoms. The highest BCUT2D eigenvalue weighted by atomic mass is 16.6. The number of Topliss-reactive ketones (excluding diaryl/α,β-unsaturated/α-hetero) is 5. The van der Waals surface area contributed by atoms with Crippen molar-refractivity contribution in [3.05, 3.63) is 196 Å². The van der Waals surface area contributed by atoms with Crippen molar-refractivity contribution >= 4 is 63.9 Å². The normalized spacial score (nSPS) is 10.8. The fraction of sp³-hybridized carbons (Fsp3) is 0.278. The number of nitrogens with zero attached hydrogens (tertiary/aromatic N) is 12. The lowest BCUT2D eigenvalue weighted by molar-refractivity contribution is -0.385. The van der Waals surface area contributed by atoms with Gasteiger partial charge in [-0.1, -0.05) is 0 Å². The van der Waals surface area contributed by atoms with Gasteiger partial charge in [-0.25, -0.2) is 19.4 Å². The first kappa shape index (κ1) is 61.3. The largest absolute Gasteiger partial charge is 0.475 e. The predicted molar refractivity (Wildman–Crippen MR) is 291 cm³/mol. The Morgan fingerprint density at radius 2 is 0.651 bits per heavy atom. The number of ether oxygens (including phenoxy) is 2. The number of carbonyl (C=O) groups is 8. The number of hydrogen-bond acceptors (Lipinski definition) is 17. The number of aromatic nitrogens is 9. The highest BCUT2D eigenvalue weighted by Crippen LogP contribution is 2.23. The molecule has 1 N–H and O–H groups in total. The smallest absolute Gasteiger partial charge is 0.372 e. The fourth-order valence-electron chi connectivity index (χ4n) is 9.03. The molecule has 8 aromatic heterocycles. The molecule has 0 spiro atoms. The van der Waals surface area contributed by atoms with Crippen LogP contribution < -0.4 is 0 Å². The molecule has 0 saturated carbocycles. The molecule has 29 heteroatoms. The van der Waals surface area contributed by atoms with Crippen LogP contribution in [0.3, 0.4) is 0 Å². The third-order valence-electron chi connectivity index (χ3n) is 13.0. The lowest BCUT2D eigenvalue weighted by Crippen LogP contribution is -2.09. The van der Waals surface area contributed by atoms with E-state index < -0.39 is 32.7 Å². The van der Waals surface area contributed by atoms with E-state index in [0.717, 1.165) is 0 Å². The highest BCUT2D eigenvalue weighted by molar-refractivity contribution is 6.01. The molecule has 0 amide bonds. The second-order valence-corrected chi connectivity index (χ2v) is 19.2. The minimum Gasteiger partial charge on any atom is -0.475 e. The monoisotopic (exact) mass is 1140 g/mol. The molecule has 0 fully saturated rings. The molecule has 8 rings (SSSR count). The van der Waals surface area contributed by atoms with Gasteiger partial charge in [0.15, 0.2) is 28.9 Å². The molecule has 0 aliphatic rings. The molecule has 0 saturated heterocycles. The van der Waals surface area contributed by atoms with Gasteiger partial charge in [0.1, 0.15) is 11.4 Å². The van der Waals surface area contributed by atoms with E-state index in [4.69, 9.17) is 9.84 Å². The second-order valence-electron chi connectivity index (χ2n) is 19.2. The maximum atomic E-state index is 13.1. The van der Waals surface area contributed by atoms with Gasteiger partial charge in [-0.2, -0.15) is 0 Å². The van der Waals surface area contributed by atoms with Crippen LogP contribution >= 0.6 is 0 Å². The predicted octanol–water partition coefficient (Wildman–Crippen LogP) is 5.29. The van der Waals surface area contributed by atoms with Crippen LogP contribution in [-0.2, 0) is 98.0 Å². The van der Waals surface area contributed by atoms with Crippen molar-refractivity contribution in [1.82, 2.24) is 41.5 Å². The van der Waals surface area contributed by atoms with E-state index in [1.807, 2.05) is 0 Å². The third-order valence-corrected chi connectivity index (χ3v) is 13.0. The number of rotatable bonds is 21. The summed E-state index contributed by atoms with van der Waals surface area (Å²) in [5.41, 5.74) is 4.54. The minimum absolute atomic E-state index is 0.0166. The molecule has 434 valence electrons. The second kappa shape index (κ2) is 25.5. The van der Waals surface area contributed by atoms with Crippen LogP contribution in [0.2, 0.25) is 0 Å². The lowest BCUT2D eigenvalue weighted by atomic mass is 10.1. The van der Waals surface area contributed by atoms with Crippen LogP contribution in [0, 0.1) is 30.3 Å². The Morgan fingerprint density at radius 1 is 0.398 bits per heavy atom. The number of hydrogen-bond donors (Lipinski definition) is 1. The summed E-state index contributed by atoms with van der Waals surface area (Å²) in [5.74, 6) is -3.63. The summed E-state index contributed by atoms with van der Waals surface area (Å²) >= 11 is 0. The molecule has 29 nitrogen and oxygen atoms in total. The summed E-state index contributed by atoms with van der Waals surface area (Å²) in [5, 5.41) is 41.3. The number of nitro groups is 3. The molecular weight excluding hydrogens is 1090 g/mol. The van der Waals surface area contributed by atoms with Crippen LogP contribution in [0.5, 0.6) is 0 Å². The minimum atomic E-state index is -1.19. The van der Waals surface area contributed by atoms with Gasteiger partial charge in [-0.05, 0) is 46.5 Å². The van der Waals surface area contributed by atoms with E-state index in [1.165, 1.54) is 89.6 Å². The first-order chi connectivity index (χ1) is 39.0. The van der Waals surface area contributed by atoms with Crippen molar-refractivity contribution in [3.8, 4) is 0 Å². The van der Waals surface area contributed by atoms with Crippen LogP contribution in [0.25, 0.3) is 0 Å². The molecule has 0 bridgehead atoms. The van der Waals surface area contributed by atoms with Crippen LogP contribution in [-0.4, -0.2) is 122 Å². The van der Waals surface area contributed by atoms with Gasteiger partial charge in [-0.3, -0.25) is 54.3 Å². The molecule has 0 aromatic carbocycles. The topological polar surface area (TPSA) is 357 Å². The first-order valence-corrected chi connectivity index (χ1v) is 24.6. The summed E-state index contributed by atoms with van der Waals surface area (Å²) in [4.78, 5) is 132. The number of aromatic carboxylic acids is 1. The molecule has 0 radical (unpaired) electrons. The quantitative estimate of drug-likeness (QED) is 0.0413. The number of carboxylic acids is 1. The van der Waals surface area contributed by atoms with E-state index in [2.05, 4.69) is 9.72 Å². The zero-order chi connectivity index (χ0) is 61.5. The lowest BCUT2D eigenvalue weighted by Gasteiger charge is -2.00. The maximum absolute atomic E-state index is 13.1. The average molecular weight is 1150 g/mol. The van der Waals surface area contributed by atoms with E-state index in [9.17, 15) is 68.7 Å². The van der Waals surface area contributed by atoms with Crippen LogP contribution in [0.15, 0.2) is 92.0 Å². The van der Waals surface area contributed by atoms with Crippen LogP contribution in [0.4, 0.5) is 17.1 Å². The number of esters is 2. The number of carboxylic acid groups (broad SMARTS) is 1. The number of carbonyl (C=O) groups excluding carboxylic acids is 7. The zero-order valence-electron chi connectivity index (χ0n) is 46.5. The third kappa shape index (κ3) is 14.5. The highest BCUT2D eigenvalue weighted by Gasteiger charge is 2.25. The summed E-state index contributed by atoms with van der Waals surface area (Å²) < 4.78 is 21.4. The van der Waals surface area contributed by atoms with E-state index in [1.54, 1.807) is 110 Å². The molecule has 8 aromatic rings. The average Bonchev–Trinajstić information content (AvgIpc) is 4.48. The van der Waals surface area contributed by atoms with Gasteiger partial charge >= 0.3 is 17.9 Å². The number of imidazole rings is 1. The number of aryl methyl sites for hydroxylation is 8. The van der Waals surface area contributed by atoms with Crippen molar-refractivity contribution in [3.63, 3.8) is 0 Å². The molecular formula is C54H56N12O17. The van der Waals surface area contributed by atoms with Gasteiger partial charge in [-0.15, -0.1) is 0 Å². The summed E-state index contributed by atoms with van der Waals surface area (Å²) in [6.07, 6.45) is 12.1. The molecule has 0 unspecified atom stereocenters. The van der Waals surface area contributed by atoms with Crippen molar-refractivity contribution in [1.29, 1.82) is 0 Å². The Balaban J connectivity index is 0.000000218. The molecule has 8 heterocycles. The standard InChI is InChI=1S/C28H29N5O7.C14H15N3O5.C12H12N4O5/c1-29-13-17(6-22(29)26(35)11-19-8-24(28(37)40-5)31(3)15-19)9-25(34)21-7-18(14-30(21)2)10-27(36)23-12-20(33(38)39)16-32(23)4;1-15-7-9(4-12(15)14(19)22-3)5-13(18)11-6-10(17(20)21)8-16(11)2;1-14-6-8(16(20)21)4-9(14)10(17)3-7-5-15(2)11(13-7)12(18)19/h6-8,12-16H,9-11H2,1-5H3;4,6-8H,5H2,1-3H3;4-6H,3H2,1-2H3,(H,18,19). The first-order valence-electron chi connectivity index (χ1n) is 24.6. The Hall–Kier alpha value is -10.9. The molecule has 0 aliphatic heterocycles. The zero-order valence-corrected chi connectivity index (χ0v) is 46.5. The van der Waals surface area contributed by atoms with Gasteiger partial charge < -0.3 is 51.1 Å².